The molecule has 7 nitrogen and oxygen atoms in total. The summed E-state index contributed by atoms with van der Waals surface area (Å²) in [6.07, 6.45) is 6.11. The molecule has 3 fully saturated rings. The largest absolute Gasteiger partial charge is 0.444 e. The number of piperazine rings is 1. The molecule has 7 heteroatoms. The molecule has 2 bridgehead atoms. The van der Waals surface area contributed by atoms with Gasteiger partial charge in [-0.1, -0.05) is 0 Å². The summed E-state index contributed by atoms with van der Waals surface area (Å²) >= 11 is 0. The molecule has 4 heterocycles. The van der Waals surface area contributed by atoms with E-state index in [1.807, 2.05) is 31.9 Å². The van der Waals surface area contributed by atoms with Gasteiger partial charge in [-0.2, -0.15) is 0 Å². The Labute approximate surface area is 161 Å². The predicted molar refractivity (Wildman–Crippen MR) is 104 cm³/mol. The number of aromatic nitrogens is 2. The Hall–Kier alpha value is -1.89. The minimum absolute atomic E-state index is 0.205. The highest BCUT2D eigenvalue weighted by Gasteiger charge is 2.43. The van der Waals surface area contributed by atoms with Crippen LogP contribution in [-0.2, 0) is 4.74 Å². The van der Waals surface area contributed by atoms with Gasteiger partial charge in [-0.15, -0.1) is 0 Å². The van der Waals surface area contributed by atoms with E-state index in [4.69, 9.17) is 9.72 Å². The van der Waals surface area contributed by atoms with Crippen LogP contribution in [0, 0.1) is 0 Å². The Morgan fingerprint density at radius 3 is 2.44 bits per heavy atom. The number of nitrogens with one attached hydrogen (secondary N) is 1. The number of hydrogen-bond donors (Lipinski definition) is 1. The fourth-order valence-electron chi connectivity index (χ4n) is 4.54. The van der Waals surface area contributed by atoms with Crippen molar-refractivity contribution in [1.82, 2.24) is 20.2 Å². The second kappa shape index (κ2) is 7.26. The monoisotopic (exact) mass is 373 g/mol. The maximum absolute atomic E-state index is 12.5. The van der Waals surface area contributed by atoms with Crippen LogP contribution in [0.15, 0.2) is 12.3 Å². The lowest BCUT2D eigenvalue weighted by atomic mass is 9.94. The number of carbonyl (C=O) groups is 1. The van der Waals surface area contributed by atoms with Crippen molar-refractivity contribution >= 4 is 12.0 Å². The van der Waals surface area contributed by atoms with Crippen LogP contribution >= 0.6 is 0 Å². The lowest BCUT2D eigenvalue weighted by molar-refractivity contribution is 0.0208. The van der Waals surface area contributed by atoms with Crippen molar-refractivity contribution in [2.24, 2.45) is 0 Å². The standard InChI is InChI=1S/C20H31N5O2/c1-20(2,3)27-19(26)24-12-15-4-5-16(13-24)25(15)18-22-11-8-17(23-18)14-6-9-21-10-7-14/h8,11,14-16,21H,4-7,9-10,12-13H2,1-3H3. The van der Waals surface area contributed by atoms with Gasteiger partial charge in [0.2, 0.25) is 5.95 Å². The lowest BCUT2D eigenvalue weighted by Gasteiger charge is -2.41. The summed E-state index contributed by atoms with van der Waals surface area (Å²) in [5.74, 6) is 1.36. The number of hydrogen-bond acceptors (Lipinski definition) is 6. The zero-order valence-corrected chi connectivity index (χ0v) is 16.6. The quantitative estimate of drug-likeness (QED) is 0.859. The summed E-state index contributed by atoms with van der Waals surface area (Å²) in [6, 6.07) is 2.62. The topological polar surface area (TPSA) is 70.6 Å². The summed E-state index contributed by atoms with van der Waals surface area (Å²) in [7, 11) is 0. The molecule has 2 atom stereocenters. The molecule has 0 saturated carbocycles. The van der Waals surface area contributed by atoms with Crippen LogP contribution in [0.3, 0.4) is 0 Å². The number of rotatable bonds is 2. The van der Waals surface area contributed by atoms with Crippen molar-refractivity contribution in [3.63, 3.8) is 0 Å². The highest BCUT2D eigenvalue weighted by molar-refractivity contribution is 5.69. The second-order valence-corrected chi connectivity index (χ2v) is 8.98. The first kappa shape index (κ1) is 18.5. The number of nitrogens with zero attached hydrogens (tertiary/aromatic N) is 4. The molecule has 4 rings (SSSR count). The van der Waals surface area contributed by atoms with Crippen molar-refractivity contribution in [3.05, 3.63) is 18.0 Å². The molecule has 3 saturated heterocycles. The average Bonchev–Trinajstić information content (AvgIpc) is 2.90. The minimum Gasteiger partial charge on any atom is -0.444 e. The highest BCUT2D eigenvalue weighted by atomic mass is 16.6. The highest BCUT2D eigenvalue weighted by Crippen LogP contribution is 2.34. The fourth-order valence-corrected chi connectivity index (χ4v) is 4.54. The van der Waals surface area contributed by atoms with E-state index in [1.54, 1.807) is 0 Å². The third kappa shape index (κ3) is 4.03. The predicted octanol–water partition coefficient (Wildman–Crippen LogP) is 2.53. The maximum Gasteiger partial charge on any atom is 0.410 e. The second-order valence-electron chi connectivity index (χ2n) is 8.98. The minimum atomic E-state index is -0.459. The van der Waals surface area contributed by atoms with Gasteiger partial charge in [0.05, 0.1) is 12.1 Å². The summed E-state index contributed by atoms with van der Waals surface area (Å²) in [4.78, 5) is 26.2. The van der Waals surface area contributed by atoms with Crippen molar-refractivity contribution in [2.45, 2.75) is 70.1 Å². The van der Waals surface area contributed by atoms with E-state index in [2.05, 4.69) is 21.3 Å². The molecule has 1 aromatic rings. The summed E-state index contributed by atoms with van der Waals surface area (Å²) in [5, 5.41) is 3.41. The van der Waals surface area contributed by atoms with Crippen LogP contribution in [0.4, 0.5) is 10.7 Å². The molecular formula is C20H31N5O2. The average molecular weight is 374 g/mol. The van der Waals surface area contributed by atoms with Crippen LogP contribution in [0.25, 0.3) is 0 Å². The Balaban J connectivity index is 1.48. The van der Waals surface area contributed by atoms with Gasteiger partial charge in [-0.3, -0.25) is 0 Å². The number of likely N-dealkylation sites (tertiary alicyclic amines) is 1. The molecule has 0 aromatic carbocycles. The normalized spacial score (nSPS) is 26.3. The molecule has 0 spiro atoms. The molecule has 1 aromatic heterocycles. The van der Waals surface area contributed by atoms with Crippen molar-refractivity contribution in [2.75, 3.05) is 31.1 Å². The van der Waals surface area contributed by atoms with E-state index in [1.165, 1.54) is 0 Å². The van der Waals surface area contributed by atoms with Crippen LogP contribution in [0.5, 0.6) is 0 Å². The van der Waals surface area contributed by atoms with Gasteiger partial charge in [-0.05, 0) is 65.6 Å². The van der Waals surface area contributed by atoms with Gasteiger partial charge < -0.3 is 19.9 Å². The number of ether oxygens (including phenoxy) is 1. The first-order valence-corrected chi connectivity index (χ1v) is 10.2. The first-order valence-electron chi connectivity index (χ1n) is 10.2. The van der Waals surface area contributed by atoms with Gasteiger partial charge in [0.1, 0.15) is 5.60 Å². The Kier molecular flexibility index (Phi) is 4.97. The molecule has 0 radical (unpaired) electrons. The third-order valence-electron chi connectivity index (χ3n) is 5.79. The van der Waals surface area contributed by atoms with Crippen LogP contribution in [0.2, 0.25) is 0 Å². The van der Waals surface area contributed by atoms with Gasteiger partial charge in [0, 0.05) is 30.9 Å². The summed E-state index contributed by atoms with van der Waals surface area (Å²) < 4.78 is 5.57. The zero-order valence-electron chi connectivity index (χ0n) is 16.6. The summed E-state index contributed by atoms with van der Waals surface area (Å²) in [6.45, 7) is 9.23. The molecule has 3 aliphatic rings. The lowest BCUT2D eigenvalue weighted by Crippen LogP contribution is -2.56. The van der Waals surface area contributed by atoms with Crippen LogP contribution < -0.4 is 10.2 Å². The first-order chi connectivity index (χ1) is 12.9. The Morgan fingerprint density at radius 1 is 1.15 bits per heavy atom. The molecule has 1 amide bonds. The molecule has 3 aliphatic heterocycles. The molecular weight excluding hydrogens is 342 g/mol. The van der Waals surface area contributed by atoms with Gasteiger partial charge in [0.15, 0.2) is 0 Å². The van der Waals surface area contributed by atoms with Crippen LogP contribution in [0.1, 0.15) is 58.1 Å². The van der Waals surface area contributed by atoms with Gasteiger partial charge >= 0.3 is 6.09 Å². The molecule has 27 heavy (non-hydrogen) atoms. The van der Waals surface area contributed by atoms with E-state index >= 15 is 0 Å². The molecule has 148 valence electrons. The van der Waals surface area contributed by atoms with E-state index in [-0.39, 0.29) is 18.2 Å². The SMILES string of the molecule is CC(C)(C)OC(=O)N1CC2CCC(C1)N2c1nccc(C2CCNCC2)n1. The van der Waals surface area contributed by atoms with Gasteiger partial charge in [0.25, 0.3) is 0 Å². The number of fused-ring (bicyclic) bond motifs is 2. The number of piperidine rings is 1. The number of anilines is 1. The van der Waals surface area contributed by atoms with E-state index in [0.29, 0.717) is 19.0 Å². The van der Waals surface area contributed by atoms with Crippen molar-refractivity contribution in [3.8, 4) is 0 Å². The number of carbonyl (C=O) groups excluding carboxylic acids is 1. The molecule has 0 aliphatic carbocycles. The zero-order chi connectivity index (χ0) is 19.0. The van der Waals surface area contributed by atoms with Crippen molar-refractivity contribution in [1.29, 1.82) is 0 Å². The maximum atomic E-state index is 12.5. The molecule has 1 N–H and O–H groups in total. The van der Waals surface area contributed by atoms with Crippen molar-refractivity contribution < 1.29 is 9.53 Å². The molecule has 2 unspecified atom stereocenters. The Bertz CT molecular complexity index is 669. The van der Waals surface area contributed by atoms with Crippen LogP contribution in [-0.4, -0.2) is 64.8 Å². The van der Waals surface area contributed by atoms with Gasteiger partial charge in [-0.25, -0.2) is 14.8 Å². The number of amides is 1. The summed E-state index contributed by atoms with van der Waals surface area (Å²) in [5.41, 5.74) is 0.704. The Morgan fingerprint density at radius 2 is 1.81 bits per heavy atom. The smallest absolute Gasteiger partial charge is 0.410 e. The van der Waals surface area contributed by atoms with E-state index < -0.39 is 5.60 Å². The third-order valence-corrected chi connectivity index (χ3v) is 5.79. The fraction of sp³-hybridized carbons (Fsp3) is 0.750. The van der Waals surface area contributed by atoms with E-state index in [9.17, 15) is 4.79 Å². The van der Waals surface area contributed by atoms with E-state index in [0.717, 1.165) is 50.4 Å².